The largest absolute Gasteiger partial charge is 0.472 e. The van der Waals surface area contributed by atoms with E-state index in [1.54, 1.807) is 6.08 Å². The Morgan fingerprint density at radius 1 is 0.660 bits per heavy atom. The Balaban J connectivity index is 4.23. The molecule has 0 spiro atoms. The minimum atomic E-state index is -4.33. The molecule has 0 heterocycles. The number of hydrogen-bond acceptors (Lipinski definition) is 5. The first-order chi connectivity index (χ1) is 24.0. The standard InChI is InChI=1S/C41H79N2O6P/c1-6-8-10-12-14-15-16-17-18-19-20-21-22-23-24-25-26-27-29-31-33-35-41(45)42-39(40(44)34-32-30-28-13-11-9-7-2)38-49-50(46,47)48-37-36-43(3,4)5/h11,13,19-20,32,34,39-40,44H,6-10,12,14-18,21-31,33,35-38H2,1-5H3,(H-,42,45,46,47)/p+1/b13-11+,20-19-,34-32+. The molecule has 0 saturated carbocycles. The molecular weight excluding hydrogens is 647 g/mol. The maximum absolute atomic E-state index is 12.8. The Labute approximate surface area is 308 Å². The van der Waals surface area contributed by atoms with E-state index in [9.17, 15) is 19.4 Å². The SMILES string of the molecule is CCC/C=C/CC/C=C/C(O)C(COP(=O)(O)OCC[N+](C)(C)C)NC(=O)CCCCCCCCCCC/C=C\CCCCCCCCCC. The van der Waals surface area contributed by atoms with Crippen molar-refractivity contribution in [2.24, 2.45) is 0 Å². The Bertz CT molecular complexity index is 917. The lowest BCUT2D eigenvalue weighted by atomic mass is 10.0. The lowest BCUT2D eigenvalue weighted by Crippen LogP contribution is -2.45. The fraction of sp³-hybridized carbons (Fsp3) is 0.829. The van der Waals surface area contributed by atoms with Crippen LogP contribution in [0.25, 0.3) is 0 Å². The number of nitrogens with zero attached hydrogens (tertiary/aromatic N) is 1. The third-order valence-electron chi connectivity index (χ3n) is 8.81. The molecule has 8 nitrogen and oxygen atoms in total. The molecule has 0 saturated heterocycles. The van der Waals surface area contributed by atoms with Crippen molar-refractivity contribution < 1.29 is 32.9 Å². The van der Waals surface area contributed by atoms with Crippen LogP contribution in [0.3, 0.4) is 0 Å². The van der Waals surface area contributed by atoms with Gasteiger partial charge < -0.3 is 19.8 Å². The molecule has 0 bridgehead atoms. The molecular formula is C41H80N2O6P+. The number of unbranched alkanes of at least 4 members (excludes halogenated alkanes) is 19. The topological polar surface area (TPSA) is 105 Å². The number of phosphoric ester groups is 1. The molecule has 294 valence electrons. The summed E-state index contributed by atoms with van der Waals surface area (Å²) >= 11 is 0. The summed E-state index contributed by atoms with van der Waals surface area (Å²) in [6.45, 7) is 4.67. The van der Waals surface area contributed by atoms with Gasteiger partial charge in [-0.1, -0.05) is 147 Å². The van der Waals surface area contributed by atoms with Crippen molar-refractivity contribution in [1.82, 2.24) is 5.32 Å². The van der Waals surface area contributed by atoms with E-state index in [0.29, 0.717) is 17.4 Å². The highest BCUT2D eigenvalue weighted by atomic mass is 31.2. The molecule has 0 aromatic rings. The second-order valence-electron chi connectivity index (χ2n) is 15.0. The highest BCUT2D eigenvalue weighted by molar-refractivity contribution is 7.47. The maximum atomic E-state index is 12.8. The van der Waals surface area contributed by atoms with Crippen molar-refractivity contribution in [3.63, 3.8) is 0 Å². The van der Waals surface area contributed by atoms with Gasteiger partial charge in [-0.15, -0.1) is 0 Å². The van der Waals surface area contributed by atoms with Crippen LogP contribution < -0.4 is 5.32 Å². The number of rotatable bonds is 36. The second-order valence-corrected chi connectivity index (χ2v) is 16.5. The number of amides is 1. The van der Waals surface area contributed by atoms with Gasteiger partial charge in [0.05, 0.1) is 39.9 Å². The van der Waals surface area contributed by atoms with Gasteiger partial charge in [-0.3, -0.25) is 13.8 Å². The lowest BCUT2D eigenvalue weighted by molar-refractivity contribution is -0.870. The van der Waals surface area contributed by atoms with Crippen LogP contribution in [0.15, 0.2) is 36.5 Å². The van der Waals surface area contributed by atoms with E-state index in [0.717, 1.165) is 44.9 Å². The fourth-order valence-corrected chi connectivity index (χ4v) is 6.26. The number of carbonyl (C=O) groups is 1. The average Bonchev–Trinajstić information content (AvgIpc) is 3.06. The first kappa shape index (κ1) is 48.7. The number of quaternary nitrogens is 1. The van der Waals surface area contributed by atoms with Gasteiger partial charge >= 0.3 is 7.82 Å². The molecule has 0 aliphatic carbocycles. The summed E-state index contributed by atoms with van der Waals surface area (Å²) in [5.74, 6) is -0.195. The summed E-state index contributed by atoms with van der Waals surface area (Å²) in [4.78, 5) is 22.9. The highest BCUT2D eigenvalue weighted by Crippen LogP contribution is 2.43. The van der Waals surface area contributed by atoms with Crippen LogP contribution in [-0.4, -0.2) is 73.4 Å². The highest BCUT2D eigenvalue weighted by Gasteiger charge is 2.27. The summed E-state index contributed by atoms with van der Waals surface area (Å²) < 4.78 is 23.4. The molecule has 0 radical (unpaired) electrons. The molecule has 3 atom stereocenters. The van der Waals surface area contributed by atoms with Crippen molar-refractivity contribution in [2.45, 2.75) is 180 Å². The average molecular weight is 728 g/mol. The number of phosphoric acid groups is 1. The molecule has 0 rings (SSSR count). The molecule has 9 heteroatoms. The van der Waals surface area contributed by atoms with E-state index in [1.165, 1.54) is 103 Å². The molecule has 0 aromatic heterocycles. The van der Waals surface area contributed by atoms with Crippen LogP contribution in [0, 0.1) is 0 Å². The van der Waals surface area contributed by atoms with E-state index in [4.69, 9.17) is 9.05 Å². The Kier molecular flexibility index (Phi) is 32.7. The van der Waals surface area contributed by atoms with Crippen LogP contribution >= 0.6 is 7.82 Å². The van der Waals surface area contributed by atoms with E-state index >= 15 is 0 Å². The van der Waals surface area contributed by atoms with Crippen LogP contribution in [0.1, 0.15) is 168 Å². The molecule has 0 aliphatic rings. The van der Waals surface area contributed by atoms with E-state index in [2.05, 4.69) is 43.5 Å². The number of aliphatic hydroxyl groups is 1. The Morgan fingerprint density at radius 3 is 1.68 bits per heavy atom. The van der Waals surface area contributed by atoms with Gasteiger partial charge in [-0.05, 0) is 51.4 Å². The van der Waals surface area contributed by atoms with Gasteiger partial charge in [0.25, 0.3) is 0 Å². The van der Waals surface area contributed by atoms with Gasteiger partial charge in [0.2, 0.25) is 5.91 Å². The molecule has 0 aromatic carbocycles. The van der Waals surface area contributed by atoms with Crippen LogP contribution in [-0.2, 0) is 18.4 Å². The number of carbonyl (C=O) groups excluding carboxylic acids is 1. The Hall–Kier alpha value is -1.28. The smallest absolute Gasteiger partial charge is 0.387 e. The molecule has 1 amide bonds. The molecule has 0 aliphatic heterocycles. The molecule has 3 unspecified atom stereocenters. The van der Waals surface area contributed by atoms with Crippen LogP contribution in [0.4, 0.5) is 0 Å². The fourth-order valence-electron chi connectivity index (χ4n) is 5.53. The normalized spacial score (nSPS) is 14.9. The number of likely N-dealkylation sites (N-methyl/N-ethyl adjacent to an activating group) is 1. The first-order valence-corrected chi connectivity index (χ1v) is 21.9. The summed E-state index contributed by atoms with van der Waals surface area (Å²) in [6.07, 6.45) is 39.6. The van der Waals surface area contributed by atoms with Gasteiger partial charge in [0.1, 0.15) is 13.2 Å². The Morgan fingerprint density at radius 2 is 1.14 bits per heavy atom. The number of aliphatic hydroxyl groups excluding tert-OH is 1. The lowest BCUT2D eigenvalue weighted by Gasteiger charge is -2.25. The van der Waals surface area contributed by atoms with Crippen molar-refractivity contribution in [2.75, 3.05) is 40.9 Å². The number of hydrogen-bond donors (Lipinski definition) is 3. The molecule has 50 heavy (non-hydrogen) atoms. The first-order valence-electron chi connectivity index (χ1n) is 20.4. The maximum Gasteiger partial charge on any atom is 0.472 e. The molecule has 0 fully saturated rings. The number of allylic oxidation sites excluding steroid dienone is 5. The van der Waals surface area contributed by atoms with Gasteiger partial charge in [0.15, 0.2) is 0 Å². The van der Waals surface area contributed by atoms with E-state index < -0.39 is 20.0 Å². The van der Waals surface area contributed by atoms with E-state index in [1.807, 2.05) is 27.2 Å². The third kappa shape index (κ3) is 35.1. The quantitative estimate of drug-likeness (QED) is 0.0257. The third-order valence-corrected chi connectivity index (χ3v) is 9.80. The zero-order valence-electron chi connectivity index (χ0n) is 33.1. The van der Waals surface area contributed by atoms with Crippen molar-refractivity contribution in [3.8, 4) is 0 Å². The second kappa shape index (κ2) is 33.5. The van der Waals surface area contributed by atoms with Gasteiger partial charge in [-0.25, -0.2) is 4.57 Å². The van der Waals surface area contributed by atoms with E-state index in [-0.39, 0.29) is 19.1 Å². The van der Waals surface area contributed by atoms with Gasteiger partial charge in [-0.2, -0.15) is 0 Å². The number of nitrogens with one attached hydrogen (secondary N) is 1. The monoisotopic (exact) mass is 728 g/mol. The van der Waals surface area contributed by atoms with Crippen LogP contribution in [0.5, 0.6) is 0 Å². The summed E-state index contributed by atoms with van der Waals surface area (Å²) in [6, 6.07) is -0.859. The summed E-state index contributed by atoms with van der Waals surface area (Å²) in [5.41, 5.74) is 0. The van der Waals surface area contributed by atoms with Crippen molar-refractivity contribution in [3.05, 3.63) is 36.5 Å². The summed E-state index contributed by atoms with van der Waals surface area (Å²) in [5, 5.41) is 13.6. The van der Waals surface area contributed by atoms with Crippen molar-refractivity contribution >= 4 is 13.7 Å². The van der Waals surface area contributed by atoms with Crippen molar-refractivity contribution in [1.29, 1.82) is 0 Å². The minimum Gasteiger partial charge on any atom is -0.387 e. The minimum absolute atomic E-state index is 0.0549. The van der Waals surface area contributed by atoms with Gasteiger partial charge in [0, 0.05) is 6.42 Å². The van der Waals surface area contributed by atoms with Crippen LogP contribution in [0.2, 0.25) is 0 Å². The molecule has 3 N–H and O–H groups in total. The summed E-state index contributed by atoms with van der Waals surface area (Å²) in [7, 11) is 1.55. The predicted octanol–water partition coefficient (Wildman–Crippen LogP) is 10.7. The zero-order chi connectivity index (χ0) is 37.2. The predicted molar refractivity (Wildman–Crippen MR) is 212 cm³/mol. The zero-order valence-corrected chi connectivity index (χ0v) is 34.0.